The molecule has 0 aliphatic rings. The van der Waals surface area contributed by atoms with Crippen LogP contribution in [0.1, 0.15) is 16.7 Å². The van der Waals surface area contributed by atoms with Crippen LogP contribution in [0.5, 0.6) is 0 Å². The Hall–Kier alpha value is -7.39. The molecule has 0 saturated carbocycles. The van der Waals surface area contributed by atoms with Crippen LogP contribution in [0.4, 0.5) is 0 Å². The normalized spacial score (nSPS) is 11.1. The van der Waals surface area contributed by atoms with E-state index >= 15 is 0 Å². The van der Waals surface area contributed by atoms with Crippen molar-refractivity contribution in [3.8, 4) is 51.8 Å². The van der Waals surface area contributed by atoms with Crippen molar-refractivity contribution in [2.75, 3.05) is 0 Å². The third kappa shape index (κ3) is 4.24. The molecule has 5 heteroatoms. The van der Waals surface area contributed by atoms with Crippen LogP contribution in [0, 0.1) is 34.0 Å². The predicted molar refractivity (Wildman–Crippen MR) is 200 cm³/mol. The Morgan fingerprint density at radius 3 is 1.68 bits per heavy atom. The fourth-order valence-electron chi connectivity index (χ4n) is 7.53. The maximum Gasteiger partial charge on any atom is 0.0998 e. The molecule has 50 heavy (non-hydrogen) atoms. The van der Waals surface area contributed by atoms with Crippen molar-refractivity contribution in [2.45, 2.75) is 0 Å². The minimum absolute atomic E-state index is 0.537. The lowest BCUT2D eigenvalue weighted by Crippen LogP contribution is -1.99. The summed E-state index contributed by atoms with van der Waals surface area (Å²) in [5.41, 5.74) is 11.3. The Bertz CT molecular complexity index is 2920. The van der Waals surface area contributed by atoms with E-state index in [4.69, 9.17) is 0 Å². The summed E-state index contributed by atoms with van der Waals surface area (Å²) >= 11 is 0. The first-order chi connectivity index (χ1) is 24.7. The molecule has 2 heterocycles. The second-order valence-electron chi connectivity index (χ2n) is 12.3. The Kier molecular flexibility index (Phi) is 6.56. The van der Waals surface area contributed by atoms with Crippen molar-refractivity contribution >= 4 is 43.6 Å². The van der Waals surface area contributed by atoms with Gasteiger partial charge in [-0.2, -0.15) is 15.8 Å². The van der Waals surface area contributed by atoms with Crippen LogP contribution in [0.25, 0.3) is 77.2 Å². The lowest BCUT2D eigenvalue weighted by atomic mass is 9.91. The highest BCUT2D eigenvalue weighted by molar-refractivity contribution is 6.13. The van der Waals surface area contributed by atoms with E-state index < -0.39 is 0 Å². The molecule has 0 atom stereocenters. The van der Waals surface area contributed by atoms with Crippen LogP contribution >= 0.6 is 0 Å². The van der Waals surface area contributed by atoms with E-state index in [0.717, 1.165) is 66.5 Å². The number of benzene rings is 7. The zero-order valence-corrected chi connectivity index (χ0v) is 26.7. The molecule has 0 N–H and O–H groups in total. The van der Waals surface area contributed by atoms with E-state index in [-0.39, 0.29) is 0 Å². The molecular weight excluding hydrogens is 611 g/mol. The van der Waals surface area contributed by atoms with Crippen LogP contribution in [-0.2, 0) is 0 Å². The highest BCUT2D eigenvalue weighted by Crippen LogP contribution is 2.42. The highest BCUT2D eigenvalue weighted by Gasteiger charge is 2.21. The summed E-state index contributed by atoms with van der Waals surface area (Å²) in [6, 6.07) is 57.8. The van der Waals surface area contributed by atoms with Crippen LogP contribution in [-0.4, -0.2) is 9.13 Å². The van der Waals surface area contributed by atoms with Gasteiger partial charge in [-0.3, -0.25) is 0 Å². The van der Waals surface area contributed by atoms with Gasteiger partial charge in [0.05, 0.1) is 62.7 Å². The maximum atomic E-state index is 10.4. The first-order valence-electron chi connectivity index (χ1n) is 16.3. The largest absolute Gasteiger partial charge is 0.309 e. The summed E-state index contributed by atoms with van der Waals surface area (Å²) in [6.07, 6.45) is 0. The van der Waals surface area contributed by atoms with Crippen LogP contribution < -0.4 is 0 Å². The molecule has 0 amide bonds. The number of nitriles is 3. The number of nitrogens with zero attached hydrogens (tertiary/aromatic N) is 5. The summed E-state index contributed by atoms with van der Waals surface area (Å²) in [4.78, 5) is 0. The molecular formula is C45H25N5. The van der Waals surface area contributed by atoms with Crippen LogP contribution in [0.2, 0.25) is 0 Å². The van der Waals surface area contributed by atoms with Gasteiger partial charge in [-0.25, -0.2) is 0 Å². The van der Waals surface area contributed by atoms with Gasteiger partial charge in [0.1, 0.15) is 0 Å². The van der Waals surface area contributed by atoms with Gasteiger partial charge in [-0.15, -0.1) is 0 Å². The van der Waals surface area contributed by atoms with Crippen molar-refractivity contribution in [3.63, 3.8) is 0 Å². The quantitative estimate of drug-likeness (QED) is 0.193. The van der Waals surface area contributed by atoms with Gasteiger partial charge in [0.15, 0.2) is 0 Å². The lowest BCUT2D eigenvalue weighted by molar-refractivity contribution is 1.18. The number of hydrogen-bond donors (Lipinski definition) is 0. The average molecular weight is 636 g/mol. The number of para-hydroxylation sites is 3. The summed E-state index contributed by atoms with van der Waals surface area (Å²) in [7, 11) is 0. The van der Waals surface area contributed by atoms with E-state index in [9.17, 15) is 15.8 Å². The standard InChI is InChI=1S/C45H25N5/c46-26-29-20-23-43-39(24-29)45-31(28-48)10-9-19-44(45)50(43)42-18-8-3-13-35(42)33-11-1-2-12-34(33)38-25-32(22-21-30(38)27-47)49-40-16-6-4-14-36(40)37-15-5-7-17-41(37)49/h1-25H. The highest BCUT2D eigenvalue weighted by atomic mass is 15.0. The Balaban J connectivity index is 1.31. The SMILES string of the molecule is N#Cc1ccc2c(c1)c1c(C#N)cccc1n2-c1ccccc1-c1ccccc1-c1cc(-n2c3ccccc3c3ccccc32)ccc1C#N. The monoisotopic (exact) mass is 635 g/mol. The number of fused-ring (bicyclic) bond motifs is 6. The Morgan fingerprint density at radius 2 is 0.980 bits per heavy atom. The molecule has 0 aliphatic heterocycles. The van der Waals surface area contributed by atoms with E-state index in [2.05, 4.69) is 106 Å². The Labute approximate surface area is 287 Å². The van der Waals surface area contributed by atoms with Crippen molar-refractivity contribution in [1.29, 1.82) is 15.8 Å². The second kappa shape index (κ2) is 11.4. The predicted octanol–water partition coefficient (Wildman–Crippen LogP) is 10.8. The minimum atomic E-state index is 0.537. The number of rotatable bonds is 4. The molecule has 230 valence electrons. The minimum Gasteiger partial charge on any atom is -0.309 e. The lowest BCUT2D eigenvalue weighted by Gasteiger charge is -2.18. The summed E-state index contributed by atoms with van der Waals surface area (Å²) < 4.78 is 4.45. The fourth-order valence-corrected chi connectivity index (χ4v) is 7.53. The molecule has 0 aliphatic carbocycles. The summed E-state index contributed by atoms with van der Waals surface area (Å²) in [5.74, 6) is 0. The molecule has 7 aromatic carbocycles. The van der Waals surface area contributed by atoms with Gasteiger partial charge in [0, 0.05) is 38.4 Å². The summed E-state index contributed by atoms with van der Waals surface area (Å²) in [6.45, 7) is 0. The van der Waals surface area contributed by atoms with Crippen molar-refractivity contribution < 1.29 is 0 Å². The van der Waals surface area contributed by atoms with Crippen LogP contribution in [0.3, 0.4) is 0 Å². The van der Waals surface area contributed by atoms with E-state index in [1.165, 1.54) is 10.8 Å². The van der Waals surface area contributed by atoms with Gasteiger partial charge < -0.3 is 9.13 Å². The van der Waals surface area contributed by atoms with Gasteiger partial charge in [0.2, 0.25) is 0 Å². The second-order valence-corrected chi connectivity index (χ2v) is 12.3. The van der Waals surface area contributed by atoms with Crippen LogP contribution in [0.15, 0.2) is 152 Å². The molecule has 0 radical (unpaired) electrons. The summed E-state index contributed by atoms with van der Waals surface area (Å²) in [5, 5.41) is 34.3. The topological polar surface area (TPSA) is 81.2 Å². The smallest absolute Gasteiger partial charge is 0.0998 e. The molecule has 0 fully saturated rings. The number of aromatic nitrogens is 2. The van der Waals surface area contributed by atoms with E-state index in [0.29, 0.717) is 16.7 Å². The molecule has 9 rings (SSSR count). The average Bonchev–Trinajstić information content (AvgIpc) is 3.70. The van der Waals surface area contributed by atoms with Crippen molar-refractivity contribution in [1.82, 2.24) is 9.13 Å². The van der Waals surface area contributed by atoms with E-state index in [1.54, 1.807) is 0 Å². The molecule has 0 bridgehead atoms. The Morgan fingerprint density at radius 1 is 0.380 bits per heavy atom. The zero-order valence-electron chi connectivity index (χ0n) is 26.7. The fraction of sp³-hybridized carbons (Fsp3) is 0. The van der Waals surface area contributed by atoms with Gasteiger partial charge in [0.25, 0.3) is 0 Å². The van der Waals surface area contributed by atoms with Gasteiger partial charge in [-0.05, 0) is 77.9 Å². The van der Waals surface area contributed by atoms with Gasteiger partial charge >= 0.3 is 0 Å². The molecule has 0 spiro atoms. The zero-order chi connectivity index (χ0) is 33.8. The van der Waals surface area contributed by atoms with E-state index in [1.807, 2.05) is 72.8 Å². The molecule has 0 saturated heterocycles. The first kappa shape index (κ1) is 28.8. The number of hydrogen-bond acceptors (Lipinski definition) is 3. The third-order valence-corrected chi connectivity index (χ3v) is 9.65. The molecule has 5 nitrogen and oxygen atoms in total. The van der Waals surface area contributed by atoms with Crippen molar-refractivity contribution in [3.05, 3.63) is 168 Å². The van der Waals surface area contributed by atoms with Crippen molar-refractivity contribution in [2.24, 2.45) is 0 Å². The first-order valence-corrected chi connectivity index (χ1v) is 16.3. The third-order valence-electron chi connectivity index (χ3n) is 9.65. The molecule has 9 aromatic rings. The molecule has 0 unspecified atom stereocenters. The molecule has 2 aromatic heterocycles. The van der Waals surface area contributed by atoms with Gasteiger partial charge in [-0.1, -0.05) is 84.9 Å². The maximum absolute atomic E-state index is 10.4.